The van der Waals surface area contributed by atoms with Crippen molar-refractivity contribution in [3.63, 3.8) is 0 Å². The number of nitrogens with zero attached hydrogens (tertiary/aromatic N) is 3. The quantitative estimate of drug-likeness (QED) is 0.434. The van der Waals surface area contributed by atoms with Crippen molar-refractivity contribution in [1.82, 2.24) is 15.0 Å². The summed E-state index contributed by atoms with van der Waals surface area (Å²) in [7, 11) is 0. The van der Waals surface area contributed by atoms with E-state index in [-0.39, 0.29) is 5.89 Å². The lowest BCUT2D eigenvalue weighted by Crippen LogP contribution is -2.38. The summed E-state index contributed by atoms with van der Waals surface area (Å²) < 4.78 is 16.9. The van der Waals surface area contributed by atoms with Gasteiger partial charge in [-0.05, 0) is 64.3 Å². The number of carbonyl (C=O) groups excluding carboxylic acids is 1. The monoisotopic (exact) mass is 473 g/mol. The van der Waals surface area contributed by atoms with Crippen LogP contribution in [-0.4, -0.2) is 51.1 Å². The number of aliphatic hydroxyl groups excluding tert-OH is 1. The second-order valence-electron chi connectivity index (χ2n) is 10.0. The fourth-order valence-electron chi connectivity index (χ4n) is 4.09. The van der Waals surface area contributed by atoms with E-state index in [9.17, 15) is 9.90 Å². The van der Waals surface area contributed by atoms with Gasteiger partial charge in [-0.1, -0.05) is 44.2 Å². The molecule has 0 aliphatic carbocycles. The molecule has 1 aliphatic rings. The van der Waals surface area contributed by atoms with Crippen molar-refractivity contribution < 1.29 is 23.9 Å². The third-order valence-corrected chi connectivity index (χ3v) is 5.88. The van der Waals surface area contributed by atoms with Gasteiger partial charge in [-0.3, -0.25) is 4.90 Å². The average Bonchev–Trinajstić information content (AvgIpc) is 3.39. The minimum absolute atomic E-state index is 0.201. The maximum atomic E-state index is 12.6. The molecule has 3 rings (SSSR count). The van der Waals surface area contributed by atoms with Crippen LogP contribution in [0.15, 0.2) is 22.7 Å². The van der Waals surface area contributed by atoms with Gasteiger partial charge in [-0.25, -0.2) is 4.79 Å². The number of aryl methyl sites for hydroxylation is 1. The van der Waals surface area contributed by atoms with E-state index >= 15 is 0 Å². The molecule has 0 bridgehead atoms. The van der Waals surface area contributed by atoms with Crippen molar-refractivity contribution in [1.29, 1.82) is 0 Å². The molecule has 2 aromatic rings. The van der Waals surface area contributed by atoms with E-state index in [1.807, 2.05) is 25.1 Å². The molecule has 1 saturated heterocycles. The largest absolute Gasteiger partial charge is 0.493 e. The van der Waals surface area contributed by atoms with Gasteiger partial charge < -0.3 is 19.1 Å². The minimum Gasteiger partial charge on any atom is -0.493 e. The van der Waals surface area contributed by atoms with Gasteiger partial charge in [0.15, 0.2) is 0 Å². The number of benzene rings is 1. The van der Waals surface area contributed by atoms with Crippen LogP contribution in [0.3, 0.4) is 0 Å². The number of amides is 1. The van der Waals surface area contributed by atoms with E-state index in [0.717, 1.165) is 23.3 Å². The maximum absolute atomic E-state index is 12.6. The first-order valence-electron chi connectivity index (χ1n) is 12.4. The van der Waals surface area contributed by atoms with Crippen molar-refractivity contribution in [2.75, 3.05) is 13.2 Å². The third-order valence-electron chi connectivity index (χ3n) is 5.88. The molecule has 1 aromatic heterocycles. The Bertz CT molecular complexity index is 937. The zero-order valence-corrected chi connectivity index (χ0v) is 21.2. The zero-order valence-electron chi connectivity index (χ0n) is 21.2. The highest BCUT2D eigenvalue weighted by molar-refractivity contribution is 5.69. The lowest BCUT2D eigenvalue weighted by Gasteiger charge is -2.27. The average molecular weight is 474 g/mol. The number of aromatic nitrogens is 2. The fraction of sp³-hybridized carbons (Fsp3) is 0.654. The van der Waals surface area contributed by atoms with E-state index in [1.54, 1.807) is 20.8 Å². The Balaban J connectivity index is 1.62. The van der Waals surface area contributed by atoms with E-state index in [4.69, 9.17) is 14.0 Å². The molecule has 1 aliphatic heterocycles. The number of unbranched alkanes of at least 4 members (excludes halogenated alkanes) is 5. The molecule has 1 N–H and O–H groups in total. The molecule has 8 heteroatoms. The van der Waals surface area contributed by atoms with Crippen molar-refractivity contribution in [2.24, 2.45) is 0 Å². The third kappa shape index (κ3) is 6.95. The lowest BCUT2D eigenvalue weighted by atomic mass is 10.1. The molecule has 0 saturated carbocycles. The molecule has 0 spiro atoms. The summed E-state index contributed by atoms with van der Waals surface area (Å²) in [5.74, 6) is 1.46. The van der Waals surface area contributed by atoms with E-state index in [2.05, 4.69) is 17.1 Å². The predicted molar refractivity (Wildman–Crippen MR) is 130 cm³/mol. The molecule has 2 heterocycles. The number of hydrogen-bond acceptors (Lipinski definition) is 7. The SMILES string of the molecule is CCCCCCCCOc1ccc(-c2noc([C@@H]3[C@@H](O)CCN3C(=O)OC(C)(C)C)n2)cc1C. The van der Waals surface area contributed by atoms with Crippen LogP contribution in [-0.2, 0) is 4.74 Å². The fourth-order valence-corrected chi connectivity index (χ4v) is 4.09. The van der Waals surface area contributed by atoms with Gasteiger partial charge in [-0.15, -0.1) is 0 Å². The highest BCUT2D eigenvalue weighted by atomic mass is 16.6. The highest BCUT2D eigenvalue weighted by Crippen LogP contribution is 2.34. The van der Waals surface area contributed by atoms with Crippen LogP contribution >= 0.6 is 0 Å². The first-order chi connectivity index (χ1) is 16.2. The highest BCUT2D eigenvalue weighted by Gasteiger charge is 2.42. The molecule has 0 radical (unpaired) electrons. The van der Waals surface area contributed by atoms with Crippen molar-refractivity contribution in [2.45, 2.75) is 97.3 Å². The van der Waals surface area contributed by atoms with Gasteiger partial charge in [0.05, 0.1) is 12.7 Å². The summed E-state index contributed by atoms with van der Waals surface area (Å²) in [6.07, 6.45) is 6.49. The second-order valence-corrected chi connectivity index (χ2v) is 10.0. The van der Waals surface area contributed by atoms with Crippen LogP contribution < -0.4 is 4.74 Å². The topological polar surface area (TPSA) is 97.9 Å². The Morgan fingerprint density at radius 2 is 1.94 bits per heavy atom. The van der Waals surface area contributed by atoms with Crippen LogP contribution in [0, 0.1) is 6.92 Å². The standard InChI is InChI=1S/C26H39N3O5/c1-6-7-8-9-10-11-16-32-21-13-12-19(17-18(21)2)23-27-24(34-28-23)22-20(30)14-15-29(22)25(31)33-26(3,4)5/h12-13,17,20,22,30H,6-11,14-16H2,1-5H3/t20-,22-/m0/s1. The van der Waals surface area contributed by atoms with E-state index in [1.165, 1.54) is 37.0 Å². The smallest absolute Gasteiger partial charge is 0.411 e. The molecular formula is C26H39N3O5. The molecule has 2 atom stereocenters. The Morgan fingerprint density at radius 1 is 1.21 bits per heavy atom. The normalized spacial score (nSPS) is 18.4. The van der Waals surface area contributed by atoms with Gasteiger partial charge in [0.2, 0.25) is 5.82 Å². The van der Waals surface area contributed by atoms with Gasteiger partial charge in [-0.2, -0.15) is 4.98 Å². The molecule has 1 aromatic carbocycles. The molecule has 0 unspecified atom stereocenters. The lowest BCUT2D eigenvalue weighted by molar-refractivity contribution is 0.0107. The van der Waals surface area contributed by atoms with Crippen molar-refractivity contribution in [3.8, 4) is 17.1 Å². The second kappa shape index (κ2) is 11.7. The van der Waals surface area contributed by atoms with Crippen LogP contribution in [0.2, 0.25) is 0 Å². The summed E-state index contributed by atoms with van der Waals surface area (Å²) in [4.78, 5) is 18.6. The van der Waals surface area contributed by atoms with E-state index < -0.39 is 23.8 Å². The Kier molecular flexibility index (Phi) is 8.94. The predicted octanol–water partition coefficient (Wildman–Crippen LogP) is 5.83. The number of carbonyl (C=O) groups is 1. The number of ether oxygens (including phenoxy) is 2. The minimum atomic E-state index is -0.791. The number of hydrogen-bond donors (Lipinski definition) is 1. The molecule has 188 valence electrons. The van der Waals surface area contributed by atoms with Crippen molar-refractivity contribution in [3.05, 3.63) is 29.7 Å². The van der Waals surface area contributed by atoms with Crippen molar-refractivity contribution >= 4 is 6.09 Å². The number of rotatable bonds is 10. The summed E-state index contributed by atoms with van der Waals surface area (Å²) in [5.41, 5.74) is 1.15. The van der Waals surface area contributed by atoms with Crippen LogP contribution in [0.4, 0.5) is 4.79 Å². The van der Waals surface area contributed by atoms with Crippen LogP contribution in [0.5, 0.6) is 5.75 Å². The summed E-state index contributed by atoms with van der Waals surface area (Å²) in [6, 6.07) is 5.06. The van der Waals surface area contributed by atoms with Gasteiger partial charge >= 0.3 is 6.09 Å². The first-order valence-corrected chi connectivity index (χ1v) is 12.4. The summed E-state index contributed by atoms with van der Waals surface area (Å²) >= 11 is 0. The van der Waals surface area contributed by atoms with E-state index in [0.29, 0.717) is 25.4 Å². The molecule has 1 fully saturated rings. The molecular weight excluding hydrogens is 434 g/mol. The Morgan fingerprint density at radius 3 is 2.65 bits per heavy atom. The van der Waals surface area contributed by atoms with Gasteiger partial charge in [0, 0.05) is 12.1 Å². The molecule has 34 heavy (non-hydrogen) atoms. The molecule has 8 nitrogen and oxygen atoms in total. The Labute approximate surface area is 202 Å². The van der Waals surface area contributed by atoms with Crippen LogP contribution in [0.1, 0.15) is 90.1 Å². The number of aliphatic hydroxyl groups is 1. The first kappa shape index (κ1) is 26.0. The maximum Gasteiger partial charge on any atom is 0.411 e. The Hall–Kier alpha value is -2.61. The molecule has 1 amide bonds. The van der Waals surface area contributed by atoms with Gasteiger partial charge in [0.1, 0.15) is 17.4 Å². The zero-order chi connectivity index (χ0) is 24.7. The summed E-state index contributed by atoms with van der Waals surface area (Å²) in [5, 5.41) is 14.6. The van der Waals surface area contributed by atoms with Crippen LogP contribution in [0.25, 0.3) is 11.4 Å². The van der Waals surface area contributed by atoms with Gasteiger partial charge in [0.25, 0.3) is 5.89 Å². The number of likely N-dealkylation sites (tertiary alicyclic amines) is 1. The summed E-state index contributed by atoms with van der Waals surface area (Å²) in [6.45, 7) is 10.7.